The van der Waals surface area contributed by atoms with Crippen LogP contribution in [-0.4, -0.2) is 46.9 Å². The van der Waals surface area contributed by atoms with Crippen LogP contribution in [0.15, 0.2) is 30.3 Å². The summed E-state index contributed by atoms with van der Waals surface area (Å²) >= 11 is 0. The van der Waals surface area contributed by atoms with E-state index in [2.05, 4.69) is 25.1 Å². The van der Waals surface area contributed by atoms with Gasteiger partial charge in [0.05, 0.1) is 25.0 Å². The van der Waals surface area contributed by atoms with Gasteiger partial charge in [0.25, 0.3) is 5.91 Å². The van der Waals surface area contributed by atoms with Gasteiger partial charge < -0.3 is 14.4 Å². The first-order chi connectivity index (χ1) is 14.0. The maximum atomic E-state index is 13.4. The number of hydrogen-bond acceptors (Lipinski definition) is 4. The third-order valence-corrected chi connectivity index (χ3v) is 5.85. The molecule has 0 radical (unpaired) electrons. The van der Waals surface area contributed by atoms with E-state index in [9.17, 15) is 4.79 Å². The molecule has 6 nitrogen and oxygen atoms in total. The van der Waals surface area contributed by atoms with Crippen molar-refractivity contribution in [1.82, 2.24) is 14.7 Å². The van der Waals surface area contributed by atoms with E-state index in [1.165, 1.54) is 11.1 Å². The lowest BCUT2D eigenvalue weighted by atomic mass is 9.97. The van der Waals surface area contributed by atoms with Gasteiger partial charge in [0.1, 0.15) is 11.4 Å². The second-order valence-electron chi connectivity index (χ2n) is 7.78. The first-order valence-electron chi connectivity index (χ1n) is 10.4. The summed E-state index contributed by atoms with van der Waals surface area (Å²) in [5, 5.41) is 4.70. The Kier molecular flexibility index (Phi) is 5.46. The van der Waals surface area contributed by atoms with Crippen molar-refractivity contribution in [2.24, 2.45) is 0 Å². The Morgan fingerprint density at radius 1 is 1.28 bits per heavy atom. The van der Waals surface area contributed by atoms with Crippen molar-refractivity contribution < 1.29 is 14.3 Å². The summed E-state index contributed by atoms with van der Waals surface area (Å²) in [5.74, 6) is 0.930. The number of rotatable bonds is 4. The number of hydrogen-bond donors (Lipinski definition) is 0. The average Bonchev–Trinajstić information content (AvgIpc) is 3.12. The van der Waals surface area contributed by atoms with Gasteiger partial charge in [-0.25, -0.2) is 0 Å². The Labute approximate surface area is 172 Å². The Bertz CT molecular complexity index is 930. The van der Waals surface area contributed by atoms with Gasteiger partial charge in [0, 0.05) is 31.6 Å². The molecule has 2 atom stereocenters. The van der Waals surface area contributed by atoms with Gasteiger partial charge in [-0.05, 0) is 50.5 Å². The first kappa shape index (κ1) is 19.7. The van der Waals surface area contributed by atoms with Gasteiger partial charge in [0.2, 0.25) is 0 Å². The molecule has 0 fully saturated rings. The van der Waals surface area contributed by atoms with Crippen LogP contribution in [0.3, 0.4) is 0 Å². The summed E-state index contributed by atoms with van der Waals surface area (Å²) in [7, 11) is 1.67. The largest absolute Gasteiger partial charge is 0.497 e. The van der Waals surface area contributed by atoms with Crippen LogP contribution in [0.2, 0.25) is 0 Å². The molecule has 154 valence electrons. The molecule has 1 aromatic carbocycles. The summed E-state index contributed by atoms with van der Waals surface area (Å²) in [4.78, 5) is 15.4. The molecule has 29 heavy (non-hydrogen) atoms. The predicted molar refractivity (Wildman–Crippen MR) is 112 cm³/mol. The fourth-order valence-corrected chi connectivity index (χ4v) is 4.33. The number of amides is 1. The van der Waals surface area contributed by atoms with Crippen molar-refractivity contribution in [2.75, 3.05) is 20.2 Å². The molecule has 0 spiro atoms. The lowest BCUT2D eigenvalue weighted by molar-refractivity contribution is -0.00716. The predicted octanol–water partition coefficient (Wildman–Crippen LogP) is 3.86. The van der Waals surface area contributed by atoms with Crippen LogP contribution in [0.4, 0.5) is 0 Å². The van der Waals surface area contributed by atoms with Gasteiger partial charge in [-0.15, -0.1) is 0 Å². The van der Waals surface area contributed by atoms with Crippen LogP contribution in [0.5, 0.6) is 5.75 Å². The Balaban J connectivity index is 1.56. The third kappa shape index (κ3) is 3.69. The van der Waals surface area contributed by atoms with E-state index >= 15 is 0 Å². The zero-order valence-electron chi connectivity index (χ0n) is 17.6. The van der Waals surface area contributed by atoms with Crippen LogP contribution in [0.1, 0.15) is 60.6 Å². The maximum Gasteiger partial charge on any atom is 0.272 e. The SMILES string of the molecule is CCn1nc2c(c1C(=O)N1CC=C(c3ccc(OC)cc3)CC1)C[C@H](C)O[C@@H]2C. The molecule has 1 aromatic heterocycles. The van der Waals surface area contributed by atoms with Crippen molar-refractivity contribution in [3.05, 3.63) is 52.9 Å². The molecular weight excluding hydrogens is 366 g/mol. The van der Waals surface area contributed by atoms with E-state index in [1.807, 2.05) is 35.6 Å². The summed E-state index contributed by atoms with van der Waals surface area (Å²) < 4.78 is 13.0. The van der Waals surface area contributed by atoms with E-state index in [0.717, 1.165) is 35.5 Å². The second-order valence-corrected chi connectivity index (χ2v) is 7.78. The molecule has 0 N–H and O–H groups in total. The number of methoxy groups -OCH3 is 1. The normalized spacial score (nSPS) is 21.5. The topological polar surface area (TPSA) is 56.6 Å². The molecule has 2 aliphatic heterocycles. The Hall–Kier alpha value is -2.60. The molecular formula is C23H29N3O3. The first-order valence-corrected chi connectivity index (χ1v) is 10.4. The van der Waals surface area contributed by atoms with Gasteiger partial charge >= 0.3 is 0 Å². The zero-order valence-corrected chi connectivity index (χ0v) is 17.6. The van der Waals surface area contributed by atoms with Crippen molar-refractivity contribution in [1.29, 1.82) is 0 Å². The minimum absolute atomic E-state index is 0.0731. The monoisotopic (exact) mass is 395 g/mol. The molecule has 2 aromatic rings. The highest BCUT2D eigenvalue weighted by Crippen LogP contribution is 2.33. The standard InChI is InChI=1S/C23H29N3O3/c1-5-26-22(20-14-15(2)29-16(3)21(20)24-26)23(27)25-12-10-18(11-13-25)17-6-8-19(28-4)9-7-17/h6-10,15-16H,5,11-14H2,1-4H3/t15-,16+/m0/s1. The van der Waals surface area contributed by atoms with Crippen LogP contribution in [0.25, 0.3) is 5.57 Å². The van der Waals surface area contributed by atoms with Gasteiger partial charge in [0.15, 0.2) is 0 Å². The van der Waals surface area contributed by atoms with Gasteiger partial charge in [-0.2, -0.15) is 5.10 Å². The highest BCUT2D eigenvalue weighted by atomic mass is 16.5. The van der Waals surface area contributed by atoms with E-state index in [4.69, 9.17) is 14.6 Å². The minimum Gasteiger partial charge on any atom is -0.497 e. The van der Waals surface area contributed by atoms with Crippen LogP contribution in [-0.2, 0) is 17.7 Å². The van der Waals surface area contributed by atoms with Crippen LogP contribution >= 0.6 is 0 Å². The average molecular weight is 396 g/mol. The smallest absolute Gasteiger partial charge is 0.272 e. The molecule has 3 heterocycles. The molecule has 0 unspecified atom stereocenters. The fourth-order valence-electron chi connectivity index (χ4n) is 4.33. The van der Waals surface area contributed by atoms with Crippen LogP contribution in [0, 0.1) is 0 Å². The van der Waals surface area contributed by atoms with E-state index in [-0.39, 0.29) is 18.1 Å². The Morgan fingerprint density at radius 2 is 2.03 bits per heavy atom. The number of ether oxygens (including phenoxy) is 2. The van der Waals surface area contributed by atoms with E-state index < -0.39 is 0 Å². The number of aromatic nitrogens is 2. The zero-order chi connectivity index (χ0) is 20.5. The molecule has 0 saturated carbocycles. The number of benzene rings is 1. The van der Waals surface area contributed by atoms with Crippen molar-refractivity contribution in [3.8, 4) is 5.75 Å². The van der Waals surface area contributed by atoms with Crippen molar-refractivity contribution >= 4 is 11.5 Å². The third-order valence-electron chi connectivity index (χ3n) is 5.85. The highest BCUT2D eigenvalue weighted by molar-refractivity contribution is 5.95. The second kappa shape index (κ2) is 8.03. The van der Waals surface area contributed by atoms with E-state index in [0.29, 0.717) is 19.6 Å². The minimum atomic E-state index is -0.0731. The molecule has 6 heteroatoms. The summed E-state index contributed by atoms with van der Waals surface area (Å²) in [6, 6.07) is 8.11. The number of nitrogens with zero attached hydrogens (tertiary/aromatic N) is 3. The summed E-state index contributed by atoms with van der Waals surface area (Å²) in [6.07, 6.45) is 3.77. The molecule has 4 rings (SSSR count). The number of carbonyl (C=O) groups is 1. The number of carbonyl (C=O) groups excluding carboxylic acids is 1. The maximum absolute atomic E-state index is 13.4. The lowest BCUT2D eigenvalue weighted by Gasteiger charge is -2.28. The fraction of sp³-hybridized carbons (Fsp3) is 0.478. The highest BCUT2D eigenvalue weighted by Gasteiger charge is 2.33. The quantitative estimate of drug-likeness (QED) is 0.789. The Morgan fingerprint density at radius 3 is 2.66 bits per heavy atom. The van der Waals surface area contributed by atoms with Crippen molar-refractivity contribution in [2.45, 2.75) is 52.4 Å². The molecule has 1 amide bonds. The molecule has 0 saturated heterocycles. The molecule has 2 aliphatic rings. The molecule has 0 aliphatic carbocycles. The van der Waals surface area contributed by atoms with Crippen LogP contribution < -0.4 is 4.74 Å². The lowest BCUT2D eigenvalue weighted by Crippen LogP contribution is -2.37. The number of aryl methyl sites for hydroxylation is 1. The summed E-state index contributed by atoms with van der Waals surface area (Å²) in [5.41, 5.74) is 5.19. The van der Waals surface area contributed by atoms with Gasteiger partial charge in [-0.1, -0.05) is 18.2 Å². The number of fused-ring (bicyclic) bond motifs is 1. The molecule has 0 bridgehead atoms. The summed E-state index contributed by atoms with van der Waals surface area (Å²) in [6.45, 7) is 8.10. The van der Waals surface area contributed by atoms with E-state index in [1.54, 1.807) is 7.11 Å². The van der Waals surface area contributed by atoms with Crippen molar-refractivity contribution in [3.63, 3.8) is 0 Å². The van der Waals surface area contributed by atoms with Gasteiger partial charge in [-0.3, -0.25) is 9.48 Å².